The number of aryl methyl sites for hydroxylation is 2. The third-order valence-electron chi connectivity index (χ3n) is 4.35. The van der Waals surface area contributed by atoms with E-state index in [1.807, 2.05) is 52.0 Å². The summed E-state index contributed by atoms with van der Waals surface area (Å²) in [5.74, 6) is 0.546. The second-order valence-electron chi connectivity index (χ2n) is 6.68. The number of unbranched alkanes of at least 4 members (excludes halogenated alkanes) is 1. The maximum Gasteiger partial charge on any atom is 0.124 e. The third kappa shape index (κ3) is 5.45. The molecule has 0 aliphatic rings. The molecule has 4 nitrogen and oxygen atoms in total. The fourth-order valence-electron chi connectivity index (χ4n) is 2.77. The molecule has 2 aromatic rings. The van der Waals surface area contributed by atoms with Crippen LogP contribution in [0.5, 0.6) is 11.5 Å². The minimum atomic E-state index is 0.273. The molecule has 2 N–H and O–H groups in total. The summed E-state index contributed by atoms with van der Waals surface area (Å²) in [6.07, 6.45) is 1.86. The number of benzene rings is 2. The van der Waals surface area contributed by atoms with E-state index in [4.69, 9.17) is 0 Å². The van der Waals surface area contributed by atoms with Crippen molar-refractivity contribution in [1.29, 1.82) is 0 Å². The Morgan fingerprint density at radius 1 is 0.731 bits per heavy atom. The van der Waals surface area contributed by atoms with E-state index in [2.05, 4.69) is 9.98 Å². The molecule has 2 aromatic carbocycles. The molecule has 0 amide bonds. The van der Waals surface area contributed by atoms with Crippen LogP contribution in [0.1, 0.15) is 48.9 Å². The highest BCUT2D eigenvalue weighted by atomic mass is 16.3. The normalized spacial score (nSPS) is 12.5. The van der Waals surface area contributed by atoms with Gasteiger partial charge in [0.25, 0.3) is 0 Å². The zero-order valence-electron chi connectivity index (χ0n) is 16.1. The van der Waals surface area contributed by atoms with E-state index in [1.54, 1.807) is 12.1 Å². The predicted molar refractivity (Wildman–Crippen MR) is 109 cm³/mol. The Balaban J connectivity index is 1.85. The molecule has 0 aliphatic heterocycles. The highest BCUT2D eigenvalue weighted by Crippen LogP contribution is 2.20. The van der Waals surface area contributed by atoms with Crippen molar-refractivity contribution in [2.45, 2.75) is 40.5 Å². The second kappa shape index (κ2) is 9.18. The number of hydrogen-bond acceptors (Lipinski definition) is 4. The van der Waals surface area contributed by atoms with E-state index in [-0.39, 0.29) is 11.5 Å². The van der Waals surface area contributed by atoms with Crippen LogP contribution in [0.2, 0.25) is 0 Å². The summed E-state index contributed by atoms with van der Waals surface area (Å²) < 4.78 is 0. The van der Waals surface area contributed by atoms with Crippen LogP contribution in [0, 0.1) is 13.8 Å². The zero-order chi connectivity index (χ0) is 19.1. The number of hydrogen-bond donors (Lipinski definition) is 2. The van der Waals surface area contributed by atoms with Crippen LogP contribution in [0.25, 0.3) is 0 Å². The van der Waals surface area contributed by atoms with Crippen molar-refractivity contribution in [1.82, 2.24) is 0 Å². The Kier molecular flexibility index (Phi) is 6.96. The average Bonchev–Trinajstić information content (AvgIpc) is 2.61. The van der Waals surface area contributed by atoms with E-state index < -0.39 is 0 Å². The summed E-state index contributed by atoms with van der Waals surface area (Å²) in [4.78, 5) is 9.13. The van der Waals surface area contributed by atoms with Crippen LogP contribution >= 0.6 is 0 Å². The van der Waals surface area contributed by atoms with Crippen molar-refractivity contribution in [2.75, 3.05) is 13.1 Å². The lowest BCUT2D eigenvalue weighted by Crippen LogP contribution is -2.00. The zero-order valence-corrected chi connectivity index (χ0v) is 16.1. The first kappa shape index (κ1) is 19.7. The SMILES string of the molecule is CC(=NCCCCN=C(C)c1cc(C)ccc1O)c1cc(C)ccc1O. The number of rotatable bonds is 7. The van der Waals surface area contributed by atoms with Gasteiger partial charge in [-0.05, 0) is 64.8 Å². The Bertz CT molecular complexity index is 753. The summed E-state index contributed by atoms with van der Waals surface area (Å²) in [5, 5.41) is 19.9. The lowest BCUT2D eigenvalue weighted by molar-refractivity contribution is 0.473. The van der Waals surface area contributed by atoms with Crippen molar-refractivity contribution in [3.63, 3.8) is 0 Å². The predicted octanol–water partition coefficient (Wildman–Crippen LogP) is 4.81. The first-order valence-corrected chi connectivity index (χ1v) is 9.00. The first-order chi connectivity index (χ1) is 12.4. The minimum absolute atomic E-state index is 0.273. The fourth-order valence-corrected chi connectivity index (χ4v) is 2.77. The Hall–Kier alpha value is -2.62. The molecule has 0 saturated carbocycles. The molecule has 0 radical (unpaired) electrons. The molecule has 0 aliphatic carbocycles. The standard InChI is InChI=1S/C22H28N2O2/c1-15-7-9-21(25)19(13-15)17(3)23-11-5-6-12-24-18(4)20-14-16(2)8-10-22(20)26/h7-10,13-14,25-26H,5-6,11-12H2,1-4H3. The van der Waals surface area contributed by atoms with Gasteiger partial charge in [0, 0.05) is 35.6 Å². The van der Waals surface area contributed by atoms with Gasteiger partial charge in [-0.15, -0.1) is 0 Å². The summed E-state index contributed by atoms with van der Waals surface area (Å²) in [6, 6.07) is 11.1. The molecule has 0 fully saturated rings. The van der Waals surface area contributed by atoms with Gasteiger partial charge in [-0.2, -0.15) is 0 Å². The average molecular weight is 352 g/mol. The highest BCUT2D eigenvalue weighted by Gasteiger charge is 2.05. The fraction of sp³-hybridized carbons (Fsp3) is 0.364. The van der Waals surface area contributed by atoms with E-state index in [0.717, 1.165) is 46.5 Å². The number of aliphatic imine (C=N–C) groups is 2. The van der Waals surface area contributed by atoms with Gasteiger partial charge < -0.3 is 10.2 Å². The lowest BCUT2D eigenvalue weighted by atomic mass is 10.1. The van der Waals surface area contributed by atoms with Gasteiger partial charge in [0.1, 0.15) is 11.5 Å². The summed E-state index contributed by atoms with van der Waals surface area (Å²) in [7, 11) is 0. The Morgan fingerprint density at radius 2 is 1.12 bits per heavy atom. The number of nitrogens with zero attached hydrogens (tertiary/aromatic N) is 2. The maximum atomic E-state index is 9.94. The maximum absolute atomic E-state index is 9.94. The number of phenols is 2. The van der Waals surface area contributed by atoms with Gasteiger partial charge >= 0.3 is 0 Å². The minimum Gasteiger partial charge on any atom is -0.507 e. The van der Waals surface area contributed by atoms with Gasteiger partial charge in [-0.1, -0.05) is 23.3 Å². The molecule has 0 bridgehead atoms. The smallest absolute Gasteiger partial charge is 0.124 e. The van der Waals surface area contributed by atoms with Crippen LogP contribution in [0.3, 0.4) is 0 Å². The molecule has 26 heavy (non-hydrogen) atoms. The van der Waals surface area contributed by atoms with E-state index in [1.165, 1.54) is 0 Å². The molecule has 4 heteroatoms. The van der Waals surface area contributed by atoms with Crippen LogP contribution in [0.4, 0.5) is 0 Å². The van der Waals surface area contributed by atoms with Crippen LogP contribution < -0.4 is 0 Å². The lowest BCUT2D eigenvalue weighted by Gasteiger charge is -2.06. The van der Waals surface area contributed by atoms with Crippen LogP contribution in [-0.4, -0.2) is 34.7 Å². The molecular weight excluding hydrogens is 324 g/mol. The van der Waals surface area contributed by atoms with Gasteiger partial charge in [0.05, 0.1) is 0 Å². The largest absolute Gasteiger partial charge is 0.507 e. The molecule has 0 atom stereocenters. The second-order valence-corrected chi connectivity index (χ2v) is 6.68. The van der Waals surface area contributed by atoms with Crippen molar-refractivity contribution >= 4 is 11.4 Å². The summed E-state index contributed by atoms with van der Waals surface area (Å²) in [5.41, 5.74) is 5.53. The quantitative estimate of drug-likeness (QED) is 0.554. The van der Waals surface area contributed by atoms with E-state index in [9.17, 15) is 10.2 Å². The summed E-state index contributed by atoms with van der Waals surface area (Å²) in [6.45, 7) is 9.28. The van der Waals surface area contributed by atoms with Gasteiger partial charge in [-0.3, -0.25) is 9.98 Å². The Morgan fingerprint density at radius 3 is 1.50 bits per heavy atom. The van der Waals surface area contributed by atoms with E-state index >= 15 is 0 Å². The molecular formula is C22H28N2O2. The highest BCUT2D eigenvalue weighted by molar-refractivity contribution is 6.01. The van der Waals surface area contributed by atoms with Crippen molar-refractivity contribution < 1.29 is 10.2 Å². The number of aromatic hydroxyl groups is 2. The van der Waals surface area contributed by atoms with Crippen molar-refractivity contribution in [3.8, 4) is 11.5 Å². The molecule has 0 spiro atoms. The molecule has 2 rings (SSSR count). The molecule has 0 heterocycles. The van der Waals surface area contributed by atoms with Crippen LogP contribution in [0.15, 0.2) is 46.4 Å². The van der Waals surface area contributed by atoms with Crippen LogP contribution in [-0.2, 0) is 0 Å². The first-order valence-electron chi connectivity index (χ1n) is 9.00. The topological polar surface area (TPSA) is 65.2 Å². The van der Waals surface area contributed by atoms with Gasteiger partial charge in [-0.25, -0.2) is 0 Å². The third-order valence-corrected chi connectivity index (χ3v) is 4.35. The molecule has 138 valence electrons. The molecule has 0 saturated heterocycles. The van der Waals surface area contributed by atoms with Gasteiger partial charge in [0.2, 0.25) is 0 Å². The summed E-state index contributed by atoms with van der Waals surface area (Å²) >= 11 is 0. The molecule has 0 unspecified atom stereocenters. The molecule has 0 aromatic heterocycles. The van der Waals surface area contributed by atoms with Crippen molar-refractivity contribution in [2.24, 2.45) is 9.98 Å². The van der Waals surface area contributed by atoms with E-state index in [0.29, 0.717) is 13.1 Å². The number of phenolic OH excluding ortho intramolecular Hbond substituents is 2. The van der Waals surface area contributed by atoms with Crippen molar-refractivity contribution in [3.05, 3.63) is 58.7 Å². The Labute approximate surface area is 156 Å². The van der Waals surface area contributed by atoms with Gasteiger partial charge in [0.15, 0.2) is 0 Å². The monoisotopic (exact) mass is 352 g/mol.